The van der Waals surface area contributed by atoms with Crippen LogP contribution in [0.2, 0.25) is 0 Å². The summed E-state index contributed by atoms with van der Waals surface area (Å²) in [5.41, 5.74) is 1.94. The van der Waals surface area contributed by atoms with E-state index in [1.165, 1.54) is 11.6 Å². The maximum absolute atomic E-state index is 13.6. The van der Waals surface area contributed by atoms with Crippen LogP contribution in [0, 0.1) is 0 Å². The molecule has 0 saturated heterocycles. The standard InChI is InChI=1S/C17H16BrFN4O.2C2H6/c1-10(19)14-9-13(21-23(14)2)15-20-16(22-24-15)17(7-8-17)11-5-3-4-6-12(11)18;2*1-2/h3-6,9-10H,7-8H2,1-2H3;2*1-2H3. The SMILES string of the molecule is CC.CC.CC(F)c1cc(-c2nc(C3(c4ccccc4Br)CC3)no2)nn1C. The first kappa shape index (κ1) is 22.3. The lowest BCUT2D eigenvalue weighted by molar-refractivity contribution is 0.353. The van der Waals surface area contributed by atoms with Crippen LogP contribution in [0.1, 0.15) is 70.7 Å². The van der Waals surface area contributed by atoms with Crippen molar-refractivity contribution < 1.29 is 8.91 Å². The van der Waals surface area contributed by atoms with Crippen LogP contribution < -0.4 is 0 Å². The van der Waals surface area contributed by atoms with E-state index >= 15 is 0 Å². The molecule has 0 aliphatic heterocycles. The van der Waals surface area contributed by atoms with E-state index in [2.05, 4.69) is 37.2 Å². The van der Waals surface area contributed by atoms with Crippen LogP contribution in [-0.2, 0) is 12.5 Å². The van der Waals surface area contributed by atoms with E-state index in [4.69, 9.17) is 4.52 Å². The van der Waals surface area contributed by atoms with E-state index in [-0.39, 0.29) is 5.41 Å². The van der Waals surface area contributed by atoms with Gasteiger partial charge in [0, 0.05) is 11.5 Å². The Morgan fingerprint density at radius 3 is 2.36 bits per heavy atom. The Hall–Kier alpha value is -2.02. The highest BCUT2D eigenvalue weighted by Crippen LogP contribution is 2.54. The molecular weight excluding hydrogens is 423 g/mol. The summed E-state index contributed by atoms with van der Waals surface area (Å²) in [6, 6.07) is 9.74. The van der Waals surface area contributed by atoms with Crippen molar-refractivity contribution in [2.24, 2.45) is 7.05 Å². The molecule has 2 heterocycles. The first-order chi connectivity index (χ1) is 13.5. The Balaban J connectivity index is 0.000000660. The summed E-state index contributed by atoms with van der Waals surface area (Å²) < 4.78 is 21.5. The zero-order chi connectivity index (χ0) is 20.9. The third-order valence-corrected chi connectivity index (χ3v) is 5.23. The third-order valence-electron chi connectivity index (χ3n) is 4.54. The summed E-state index contributed by atoms with van der Waals surface area (Å²) >= 11 is 3.61. The Morgan fingerprint density at radius 2 is 1.82 bits per heavy atom. The number of rotatable bonds is 4. The van der Waals surface area contributed by atoms with Gasteiger partial charge in [-0.15, -0.1) is 0 Å². The van der Waals surface area contributed by atoms with Crippen LogP contribution in [0.4, 0.5) is 4.39 Å². The van der Waals surface area contributed by atoms with Gasteiger partial charge < -0.3 is 4.52 Å². The molecule has 1 atom stereocenters. The van der Waals surface area contributed by atoms with Gasteiger partial charge >= 0.3 is 0 Å². The summed E-state index contributed by atoms with van der Waals surface area (Å²) in [7, 11) is 1.70. The van der Waals surface area contributed by atoms with Gasteiger partial charge in [0.15, 0.2) is 11.5 Å². The maximum atomic E-state index is 13.6. The summed E-state index contributed by atoms with van der Waals surface area (Å²) in [4.78, 5) is 4.55. The third kappa shape index (κ3) is 4.19. The average molecular weight is 451 g/mol. The van der Waals surface area contributed by atoms with Crippen LogP contribution in [0.5, 0.6) is 0 Å². The number of aryl methyl sites for hydroxylation is 1. The van der Waals surface area contributed by atoms with Gasteiger partial charge in [0.1, 0.15) is 6.17 Å². The van der Waals surface area contributed by atoms with E-state index in [9.17, 15) is 4.39 Å². The first-order valence-electron chi connectivity index (χ1n) is 9.79. The Kier molecular flexibility index (Phi) is 7.52. The lowest BCUT2D eigenvalue weighted by Gasteiger charge is -2.12. The number of aromatic nitrogens is 4. The summed E-state index contributed by atoms with van der Waals surface area (Å²) in [5, 5.41) is 8.46. The molecule has 0 spiro atoms. The van der Waals surface area contributed by atoms with Gasteiger partial charge in [-0.2, -0.15) is 10.1 Å². The zero-order valence-electron chi connectivity index (χ0n) is 17.3. The minimum absolute atomic E-state index is 0.202. The number of alkyl halides is 1. The topological polar surface area (TPSA) is 56.7 Å². The predicted octanol–water partition coefficient (Wildman–Crippen LogP) is 6.40. The molecule has 152 valence electrons. The number of benzene rings is 1. The molecule has 1 aliphatic carbocycles. The van der Waals surface area contributed by atoms with Gasteiger partial charge in [-0.1, -0.05) is 67.0 Å². The second kappa shape index (κ2) is 9.45. The lowest BCUT2D eigenvalue weighted by Crippen LogP contribution is -2.11. The van der Waals surface area contributed by atoms with Crippen LogP contribution in [0.15, 0.2) is 39.3 Å². The summed E-state index contributed by atoms with van der Waals surface area (Å²) in [5.74, 6) is 0.982. The Morgan fingerprint density at radius 1 is 1.18 bits per heavy atom. The van der Waals surface area contributed by atoms with Gasteiger partial charge in [-0.25, -0.2) is 4.39 Å². The largest absolute Gasteiger partial charge is 0.332 e. The normalized spacial score (nSPS) is 15.0. The van der Waals surface area contributed by atoms with Crippen LogP contribution in [-0.4, -0.2) is 19.9 Å². The van der Waals surface area contributed by atoms with Crippen molar-refractivity contribution in [3.05, 3.63) is 51.9 Å². The maximum Gasteiger partial charge on any atom is 0.278 e. The lowest BCUT2D eigenvalue weighted by atomic mass is 9.95. The molecule has 0 N–H and O–H groups in total. The Bertz CT molecular complexity index is 899. The summed E-state index contributed by atoms with van der Waals surface area (Å²) in [6.45, 7) is 9.48. The fraction of sp³-hybridized carbons (Fsp3) is 0.476. The molecule has 7 heteroatoms. The van der Waals surface area contributed by atoms with E-state index < -0.39 is 6.17 Å². The minimum Gasteiger partial charge on any atom is -0.332 e. The van der Waals surface area contributed by atoms with Gasteiger partial charge in [-0.05, 0) is 37.5 Å². The highest BCUT2D eigenvalue weighted by Gasteiger charge is 2.51. The molecule has 1 fully saturated rings. The fourth-order valence-electron chi connectivity index (χ4n) is 3.07. The monoisotopic (exact) mass is 450 g/mol. The summed E-state index contributed by atoms with van der Waals surface area (Å²) in [6.07, 6.45) is 0.848. The van der Waals surface area contributed by atoms with Gasteiger partial charge in [0.2, 0.25) is 0 Å². The van der Waals surface area contributed by atoms with E-state index in [0.717, 1.165) is 22.9 Å². The molecule has 1 aromatic carbocycles. The van der Waals surface area contributed by atoms with Crippen molar-refractivity contribution in [3.8, 4) is 11.6 Å². The van der Waals surface area contributed by atoms with E-state index in [1.54, 1.807) is 13.1 Å². The van der Waals surface area contributed by atoms with Crippen molar-refractivity contribution in [1.29, 1.82) is 0 Å². The van der Waals surface area contributed by atoms with Crippen molar-refractivity contribution in [2.45, 2.75) is 59.0 Å². The Labute approximate surface area is 174 Å². The van der Waals surface area contributed by atoms with E-state index in [0.29, 0.717) is 23.1 Å². The molecule has 1 unspecified atom stereocenters. The van der Waals surface area contributed by atoms with Crippen molar-refractivity contribution in [3.63, 3.8) is 0 Å². The molecule has 3 aromatic rings. The molecule has 1 saturated carbocycles. The number of hydrogen-bond donors (Lipinski definition) is 0. The van der Waals surface area contributed by atoms with E-state index in [1.807, 2.05) is 45.9 Å². The molecule has 0 bridgehead atoms. The molecule has 0 amide bonds. The quantitative estimate of drug-likeness (QED) is 0.461. The average Bonchev–Trinajstić information content (AvgIpc) is 3.18. The molecule has 0 radical (unpaired) electrons. The highest BCUT2D eigenvalue weighted by atomic mass is 79.9. The molecular formula is C21H28BrFN4O. The molecule has 4 rings (SSSR count). The van der Waals surface area contributed by atoms with Crippen molar-refractivity contribution >= 4 is 15.9 Å². The fourth-order valence-corrected chi connectivity index (χ4v) is 3.73. The smallest absolute Gasteiger partial charge is 0.278 e. The molecule has 5 nitrogen and oxygen atoms in total. The molecule has 1 aliphatic rings. The number of halogens is 2. The molecule has 28 heavy (non-hydrogen) atoms. The molecule has 2 aromatic heterocycles. The minimum atomic E-state index is -1.10. The second-order valence-corrected chi connectivity index (χ2v) is 7.03. The highest BCUT2D eigenvalue weighted by molar-refractivity contribution is 9.10. The van der Waals surface area contributed by atoms with Gasteiger partial charge in [0.05, 0.1) is 11.1 Å². The first-order valence-corrected chi connectivity index (χ1v) is 10.6. The zero-order valence-corrected chi connectivity index (χ0v) is 18.9. The van der Waals surface area contributed by atoms with Crippen LogP contribution in [0.25, 0.3) is 11.6 Å². The van der Waals surface area contributed by atoms with Gasteiger partial charge in [0.25, 0.3) is 5.89 Å². The second-order valence-electron chi connectivity index (χ2n) is 6.18. The number of nitrogens with zero attached hydrogens (tertiary/aromatic N) is 4. The predicted molar refractivity (Wildman–Crippen MR) is 113 cm³/mol. The van der Waals surface area contributed by atoms with Crippen molar-refractivity contribution in [1.82, 2.24) is 19.9 Å². The van der Waals surface area contributed by atoms with Crippen LogP contribution in [0.3, 0.4) is 0 Å². The van der Waals surface area contributed by atoms with Crippen molar-refractivity contribution in [2.75, 3.05) is 0 Å². The van der Waals surface area contributed by atoms with Crippen LogP contribution >= 0.6 is 15.9 Å². The number of hydrogen-bond acceptors (Lipinski definition) is 4. The van der Waals surface area contributed by atoms with Gasteiger partial charge in [-0.3, -0.25) is 4.68 Å².